The van der Waals surface area contributed by atoms with Crippen LogP contribution < -0.4 is 9.64 Å². The number of carbonyl (C=O) groups is 1. The molecule has 0 aliphatic carbocycles. The maximum atomic E-state index is 15.0. The molecule has 3 aliphatic rings. The quantitative estimate of drug-likeness (QED) is 0.567. The number of anilines is 1. The van der Waals surface area contributed by atoms with Crippen LogP contribution in [0.1, 0.15) is 12.5 Å². The summed E-state index contributed by atoms with van der Waals surface area (Å²) in [5.41, 5.74) is 1.70. The summed E-state index contributed by atoms with van der Waals surface area (Å²) in [5, 5.41) is 11.2. The number of amides is 1. The van der Waals surface area contributed by atoms with E-state index < -0.39 is 18.8 Å². The first-order chi connectivity index (χ1) is 17.7. The van der Waals surface area contributed by atoms with Crippen molar-refractivity contribution in [2.45, 2.75) is 30.8 Å². The highest BCUT2D eigenvalue weighted by Crippen LogP contribution is 2.50. The van der Waals surface area contributed by atoms with Crippen molar-refractivity contribution in [1.82, 2.24) is 9.80 Å². The topological polar surface area (TPSA) is 68.6 Å². The van der Waals surface area contributed by atoms with Crippen molar-refractivity contribution in [2.24, 2.45) is 4.99 Å². The number of ether oxygens (including phenoxy) is 1. The molecule has 3 aliphatic heterocycles. The number of aliphatic imine (C=N–C) groups is 1. The Morgan fingerprint density at radius 2 is 2.05 bits per heavy atom. The Labute approximate surface area is 221 Å². The predicted molar refractivity (Wildman–Crippen MR) is 137 cm³/mol. The van der Waals surface area contributed by atoms with Crippen LogP contribution in [0.2, 0.25) is 5.02 Å². The zero-order chi connectivity index (χ0) is 26.4. The minimum absolute atomic E-state index is 0.0266. The second kappa shape index (κ2) is 10.1. The lowest BCUT2D eigenvalue weighted by atomic mass is 9.97. The maximum Gasteiger partial charge on any atom is 0.387 e. The van der Waals surface area contributed by atoms with Crippen LogP contribution in [-0.2, 0) is 4.79 Å². The van der Waals surface area contributed by atoms with Crippen LogP contribution in [0.4, 0.5) is 18.9 Å². The largest absolute Gasteiger partial charge is 0.435 e. The number of aliphatic hydroxyl groups is 1. The molecule has 0 aromatic heterocycles. The van der Waals surface area contributed by atoms with Crippen LogP contribution >= 0.6 is 23.4 Å². The van der Waals surface area contributed by atoms with Crippen LogP contribution in [-0.4, -0.2) is 77.6 Å². The Balaban J connectivity index is 1.61. The number of halogens is 4. The summed E-state index contributed by atoms with van der Waals surface area (Å²) in [6.45, 7) is 4.35. The number of nitrogens with zero attached hydrogens (tertiary/aromatic N) is 4. The average Bonchev–Trinajstić information content (AvgIpc) is 2.86. The zero-order valence-electron chi connectivity index (χ0n) is 19.8. The van der Waals surface area contributed by atoms with Gasteiger partial charge in [0.1, 0.15) is 17.4 Å². The van der Waals surface area contributed by atoms with Crippen LogP contribution in [0, 0.1) is 5.82 Å². The number of amidine groups is 1. The normalized spacial score (nSPS) is 21.1. The molecular weight excluding hydrogens is 529 g/mol. The van der Waals surface area contributed by atoms with Crippen molar-refractivity contribution in [1.29, 1.82) is 0 Å². The fourth-order valence-corrected chi connectivity index (χ4v) is 6.59. The van der Waals surface area contributed by atoms with Crippen molar-refractivity contribution in [2.75, 3.05) is 36.8 Å². The van der Waals surface area contributed by atoms with Gasteiger partial charge in [-0.25, -0.2) is 9.38 Å². The van der Waals surface area contributed by atoms with Gasteiger partial charge in [-0.15, -0.1) is 11.8 Å². The van der Waals surface area contributed by atoms with E-state index in [0.717, 1.165) is 12.1 Å². The summed E-state index contributed by atoms with van der Waals surface area (Å²) in [6.07, 6.45) is 0.115. The molecule has 1 N–H and O–H groups in total. The molecule has 1 unspecified atom stereocenters. The van der Waals surface area contributed by atoms with E-state index >= 15 is 4.39 Å². The van der Waals surface area contributed by atoms with Crippen LogP contribution in [0.5, 0.6) is 5.75 Å². The summed E-state index contributed by atoms with van der Waals surface area (Å²) in [4.78, 5) is 22.8. The minimum atomic E-state index is -3.06. The monoisotopic (exact) mass is 552 g/mol. The molecule has 1 amide bonds. The molecule has 37 heavy (non-hydrogen) atoms. The van der Waals surface area contributed by atoms with E-state index in [1.807, 2.05) is 11.8 Å². The number of rotatable bonds is 4. The smallest absolute Gasteiger partial charge is 0.387 e. The summed E-state index contributed by atoms with van der Waals surface area (Å²) in [6, 6.07) is 4.97. The molecule has 2 aromatic carbocycles. The van der Waals surface area contributed by atoms with E-state index in [1.165, 1.54) is 23.9 Å². The van der Waals surface area contributed by atoms with Gasteiger partial charge in [0.15, 0.2) is 0 Å². The molecular formula is C25H24ClF3N4O3S. The Morgan fingerprint density at radius 3 is 2.76 bits per heavy atom. The highest BCUT2D eigenvalue weighted by Gasteiger charge is 2.39. The van der Waals surface area contributed by atoms with Crippen LogP contribution in [0.3, 0.4) is 0 Å². The molecule has 196 valence electrons. The number of alkyl halides is 2. The van der Waals surface area contributed by atoms with E-state index in [-0.39, 0.29) is 28.3 Å². The minimum Gasteiger partial charge on any atom is -0.435 e. The van der Waals surface area contributed by atoms with E-state index in [4.69, 9.17) is 11.6 Å². The van der Waals surface area contributed by atoms with E-state index in [9.17, 15) is 18.7 Å². The Kier molecular flexibility index (Phi) is 7.03. The van der Waals surface area contributed by atoms with Gasteiger partial charge in [-0.3, -0.25) is 4.79 Å². The molecule has 1 fully saturated rings. The Hall–Kier alpha value is -2.89. The molecule has 1 saturated heterocycles. The SMILES string of the molecule is C=CC(=O)N1CCN(C2=NC(O)N3CCSc4c(-c5cc(OC(F)F)ccc5F)c(Cl)cc2c43)[C@@H](C)C1. The number of benzene rings is 2. The first kappa shape index (κ1) is 25.7. The van der Waals surface area contributed by atoms with E-state index in [1.54, 1.807) is 15.9 Å². The fourth-order valence-electron chi connectivity index (χ4n) is 5.00. The number of hydrogen-bond acceptors (Lipinski definition) is 7. The molecule has 3 heterocycles. The molecule has 2 atom stereocenters. The molecule has 5 rings (SSSR count). The number of aliphatic hydroxyl groups excluding tert-OH is 1. The van der Waals surface area contributed by atoms with Crippen molar-refractivity contribution in [3.8, 4) is 16.9 Å². The van der Waals surface area contributed by atoms with Gasteiger partial charge in [0.25, 0.3) is 0 Å². The van der Waals surface area contributed by atoms with Gasteiger partial charge in [-0.2, -0.15) is 8.78 Å². The summed E-state index contributed by atoms with van der Waals surface area (Å²) in [5.74, 6) is 0.135. The van der Waals surface area contributed by atoms with E-state index in [2.05, 4.69) is 16.3 Å². The second-order valence-electron chi connectivity index (χ2n) is 8.85. The molecule has 0 radical (unpaired) electrons. The molecule has 0 bridgehead atoms. The van der Waals surface area contributed by atoms with Gasteiger partial charge in [0.2, 0.25) is 12.3 Å². The first-order valence-corrected chi connectivity index (χ1v) is 13.0. The number of thioether (sulfide) groups is 1. The second-order valence-corrected chi connectivity index (χ2v) is 10.4. The molecule has 12 heteroatoms. The zero-order valence-corrected chi connectivity index (χ0v) is 21.4. The third-order valence-electron chi connectivity index (χ3n) is 6.65. The maximum absolute atomic E-state index is 15.0. The third-order valence-corrected chi connectivity index (χ3v) is 8.02. The van der Waals surface area contributed by atoms with Gasteiger partial charge in [-0.1, -0.05) is 18.2 Å². The van der Waals surface area contributed by atoms with Gasteiger partial charge in [-0.05, 0) is 37.3 Å². The average molecular weight is 553 g/mol. The summed E-state index contributed by atoms with van der Waals surface area (Å²) >= 11 is 8.20. The first-order valence-electron chi connectivity index (χ1n) is 11.6. The van der Waals surface area contributed by atoms with Crippen molar-refractivity contribution < 1.29 is 27.8 Å². The third kappa shape index (κ3) is 4.64. The van der Waals surface area contributed by atoms with Crippen LogP contribution in [0.25, 0.3) is 11.1 Å². The molecule has 2 aromatic rings. The molecule has 0 spiro atoms. The molecule has 7 nitrogen and oxygen atoms in total. The van der Waals surface area contributed by atoms with Gasteiger partial charge < -0.3 is 24.5 Å². The van der Waals surface area contributed by atoms with Crippen LogP contribution in [0.15, 0.2) is 46.8 Å². The van der Waals surface area contributed by atoms with Crippen molar-refractivity contribution in [3.63, 3.8) is 0 Å². The lowest BCUT2D eigenvalue weighted by Crippen LogP contribution is -2.57. The Morgan fingerprint density at radius 1 is 1.27 bits per heavy atom. The number of hydrogen-bond donors (Lipinski definition) is 1. The highest BCUT2D eigenvalue weighted by atomic mass is 35.5. The number of carbonyl (C=O) groups excluding carboxylic acids is 1. The van der Waals surface area contributed by atoms with Gasteiger partial charge >= 0.3 is 6.61 Å². The van der Waals surface area contributed by atoms with Gasteiger partial charge in [0.05, 0.1) is 10.7 Å². The van der Waals surface area contributed by atoms with Crippen molar-refractivity contribution >= 4 is 40.8 Å². The van der Waals surface area contributed by atoms with Gasteiger partial charge in [0, 0.05) is 59.6 Å². The predicted octanol–water partition coefficient (Wildman–Crippen LogP) is 4.41. The lowest BCUT2D eigenvalue weighted by molar-refractivity contribution is -0.128. The standard InChI is InChI=1S/C25H24ClF3N4O3S/c1-3-19(34)31-6-7-32(13(2)12-31)23-16-11-17(26)20(15-10-14(36-24(28)29)4-5-18(15)27)22-21(16)33(8-9-37-22)25(35)30-23/h3-5,10-11,13,24-25,35H,1,6-9,12H2,2H3/t13-,25?/m0/s1. The number of piperazine rings is 1. The summed E-state index contributed by atoms with van der Waals surface area (Å²) in [7, 11) is 0. The Bertz CT molecular complexity index is 1290. The van der Waals surface area contributed by atoms with E-state index in [0.29, 0.717) is 59.5 Å². The van der Waals surface area contributed by atoms with Crippen molar-refractivity contribution in [3.05, 3.63) is 53.3 Å². The fraction of sp³-hybridized carbons (Fsp3) is 0.360. The molecule has 0 saturated carbocycles. The summed E-state index contributed by atoms with van der Waals surface area (Å²) < 4.78 is 45.2. The highest BCUT2D eigenvalue weighted by molar-refractivity contribution is 7.99. The lowest BCUT2D eigenvalue weighted by Gasteiger charge is -2.45.